The van der Waals surface area contributed by atoms with E-state index >= 15 is 0 Å². The average Bonchev–Trinajstić information content (AvgIpc) is 3.46. The maximum Gasteiger partial charge on any atom is 0.191 e. The van der Waals surface area contributed by atoms with Crippen molar-refractivity contribution in [2.45, 2.75) is 95.4 Å². The molecular formula is C22H39IN4O. The molecule has 2 saturated heterocycles. The van der Waals surface area contributed by atoms with Crippen LogP contribution in [0.4, 0.5) is 0 Å². The monoisotopic (exact) mass is 502 g/mol. The van der Waals surface area contributed by atoms with Crippen molar-refractivity contribution in [3.05, 3.63) is 0 Å². The molecule has 4 unspecified atom stereocenters. The Morgan fingerprint density at radius 3 is 2.61 bits per heavy atom. The summed E-state index contributed by atoms with van der Waals surface area (Å²) in [6, 6.07) is 1.97. The Balaban J connectivity index is 0.00000192. The van der Waals surface area contributed by atoms with Crippen molar-refractivity contribution in [2.75, 3.05) is 26.2 Å². The summed E-state index contributed by atoms with van der Waals surface area (Å²) in [5, 5.41) is 7.72. The smallest absolute Gasteiger partial charge is 0.191 e. The molecule has 5 fully saturated rings. The zero-order chi connectivity index (χ0) is 18.3. The van der Waals surface area contributed by atoms with Crippen molar-refractivity contribution in [1.29, 1.82) is 0 Å². The number of likely N-dealkylation sites (tertiary alicyclic amines) is 1. The first kappa shape index (κ1) is 21.2. The van der Waals surface area contributed by atoms with E-state index < -0.39 is 0 Å². The molecule has 2 aliphatic heterocycles. The van der Waals surface area contributed by atoms with E-state index in [0.717, 1.165) is 25.2 Å². The second-order valence-electron chi connectivity index (χ2n) is 9.69. The highest BCUT2D eigenvalue weighted by Crippen LogP contribution is 2.60. The van der Waals surface area contributed by atoms with Crippen molar-refractivity contribution in [2.24, 2.45) is 16.3 Å². The van der Waals surface area contributed by atoms with Crippen molar-refractivity contribution in [1.82, 2.24) is 15.5 Å². The van der Waals surface area contributed by atoms with Crippen LogP contribution >= 0.6 is 24.0 Å². The highest BCUT2D eigenvalue weighted by molar-refractivity contribution is 14.0. The molecule has 0 aromatic rings. The molecule has 0 amide bonds. The maximum absolute atomic E-state index is 6.16. The van der Waals surface area contributed by atoms with Crippen LogP contribution in [0, 0.1) is 11.3 Å². The van der Waals surface area contributed by atoms with Gasteiger partial charge >= 0.3 is 0 Å². The Hall–Kier alpha value is -0.0800. The van der Waals surface area contributed by atoms with Gasteiger partial charge in [-0.1, -0.05) is 25.7 Å². The topological polar surface area (TPSA) is 48.9 Å². The van der Waals surface area contributed by atoms with E-state index in [2.05, 4.69) is 22.5 Å². The minimum absolute atomic E-state index is 0. The number of nitrogens with zero attached hydrogens (tertiary/aromatic N) is 2. The average molecular weight is 502 g/mol. The van der Waals surface area contributed by atoms with Gasteiger partial charge in [-0.25, -0.2) is 0 Å². The zero-order valence-corrected chi connectivity index (χ0v) is 19.8. The number of aliphatic imine (C=N–C) groups is 1. The van der Waals surface area contributed by atoms with Crippen molar-refractivity contribution >= 4 is 29.9 Å². The van der Waals surface area contributed by atoms with Crippen molar-refractivity contribution < 1.29 is 4.74 Å². The van der Waals surface area contributed by atoms with Crippen LogP contribution in [0.15, 0.2) is 4.99 Å². The highest BCUT2D eigenvalue weighted by Gasteiger charge is 2.65. The molecule has 0 aromatic heterocycles. The van der Waals surface area contributed by atoms with Crippen LogP contribution in [-0.2, 0) is 4.74 Å². The van der Waals surface area contributed by atoms with Crippen molar-refractivity contribution in [3.8, 4) is 0 Å². The van der Waals surface area contributed by atoms with Gasteiger partial charge in [-0.2, -0.15) is 0 Å². The van der Waals surface area contributed by atoms with Gasteiger partial charge in [0.1, 0.15) is 0 Å². The van der Waals surface area contributed by atoms with Gasteiger partial charge < -0.3 is 15.4 Å². The molecule has 0 bridgehead atoms. The second kappa shape index (κ2) is 8.96. The van der Waals surface area contributed by atoms with E-state index in [-0.39, 0.29) is 24.0 Å². The zero-order valence-electron chi connectivity index (χ0n) is 17.5. The van der Waals surface area contributed by atoms with E-state index in [1.54, 1.807) is 0 Å². The maximum atomic E-state index is 6.16. The third kappa shape index (κ3) is 3.70. The largest absolute Gasteiger partial charge is 0.377 e. The Morgan fingerprint density at radius 2 is 1.86 bits per heavy atom. The molecule has 160 valence electrons. The molecule has 1 spiro atoms. The van der Waals surface area contributed by atoms with E-state index in [1.807, 2.05) is 0 Å². The number of ether oxygens (including phenoxy) is 1. The van der Waals surface area contributed by atoms with Crippen LogP contribution in [0.3, 0.4) is 0 Å². The summed E-state index contributed by atoms with van der Waals surface area (Å²) in [6.45, 7) is 6.41. The van der Waals surface area contributed by atoms with Crippen LogP contribution in [-0.4, -0.2) is 61.3 Å². The van der Waals surface area contributed by atoms with Gasteiger partial charge in [-0.05, 0) is 45.4 Å². The van der Waals surface area contributed by atoms with Crippen LogP contribution in [0.25, 0.3) is 0 Å². The van der Waals surface area contributed by atoms with E-state index in [0.29, 0.717) is 29.5 Å². The number of nitrogens with one attached hydrogen (secondary N) is 2. The van der Waals surface area contributed by atoms with Crippen molar-refractivity contribution in [3.63, 3.8) is 0 Å². The first-order valence-electron chi connectivity index (χ1n) is 11.7. The van der Waals surface area contributed by atoms with Gasteiger partial charge in [0.25, 0.3) is 0 Å². The fourth-order valence-electron chi connectivity index (χ4n) is 7.04. The Labute approximate surface area is 187 Å². The molecule has 2 N–H and O–H groups in total. The Morgan fingerprint density at radius 1 is 1.07 bits per heavy atom. The fraction of sp³-hybridized carbons (Fsp3) is 0.955. The summed E-state index contributed by atoms with van der Waals surface area (Å²) < 4.78 is 6.16. The molecule has 5 aliphatic rings. The Bertz CT molecular complexity index is 559. The SMILES string of the molecule is CCN=C(NC1CCN(C2CCCC2)C1)NC1C2CCOC2C12CCCC2.I. The number of hydrogen-bond donors (Lipinski definition) is 2. The fourth-order valence-corrected chi connectivity index (χ4v) is 7.04. The lowest BCUT2D eigenvalue weighted by Gasteiger charge is -2.57. The van der Waals surface area contributed by atoms with E-state index in [9.17, 15) is 0 Å². The summed E-state index contributed by atoms with van der Waals surface area (Å²) >= 11 is 0. The molecule has 0 aromatic carbocycles. The van der Waals surface area contributed by atoms with Gasteiger partial charge in [-0.3, -0.25) is 9.89 Å². The first-order chi connectivity index (χ1) is 13.3. The molecule has 4 atom stereocenters. The summed E-state index contributed by atoms with van der Waals surface area (Å²) in [7, 11) is 0. The summed E-state index contributed by atoms with van der Waals surface area (Å²) in [5.41, 5.74) is 0.392. The summed E-state index contributed by atoms with van der Waals surface area (Å²) in [4.78, 5) is 7.57. The highest BCUT2D eigenvalue weighted by atomic mass is 127. The third-order valence-corrected chi connectivity index (χ3v) is 8.30. The number of hydrogen-bond acceptors (Lipinski definition) is 3. The molecule has 3 aliphatic carbocycles. The van der Waals surface area contributed by atoms with E-state index in [1.165, 1.54) is 77.3 Å². The second-order valence-corrected chi connectivity index (χ2v) is 9.69. The summed E-state index contributed by atoms with van der Waals surface area (Å²) in [5.74, 6) is 1.77. The number of halogens is 1. The molecule has 5 rings (SSSR count). The van der Waals surface area contributed by atoms with Gasteiger partial charge in [-0.15, -0.1) is 24.0 Å². The lowest BCUT2D eigenvalue weighted by molar-refractivity contribution is -0.125. The number of fused-ring (bicyclic) bond motifs is 2. The van der Waals surface area contributed by atoms with Gasteiger partial charge in [0.15, 0.2) is 5.96 Å². The lowest BCUT2D eigenvalue weighted by atomic mass is 9.54. The molecule has 2 heterocycles. The first-order valence-corrected chi connectivity index (χ1v) is 11.7. The minimum atomic E-state index is 0. The Kier molecular flexibility index (Phi) is 6.77. The van der Waals surface area contributed by atoms with Gasteiger partial charge in [0.2, 0.25) is 0 Å². The predicted molar refractivity (Wildman–Crippen MR) is 124 cm³/mol. The molecule has 0 radical (unpaired) electrons. The van der Waals surface area contributed by atoms with Gasteiger partial charge in [0.05, 0.1) is 6.10 Å². The standard InChI is InChI=1S/C22H38N4O.HI/c1-2-23-21(24-16-9-13-26(15-16)17-7-3-4-8-17)25-19-18-10-14-27-20(18)22(19)11-5-6-12-22;/h16-20H,2-15H2,1H3,(H2,23,24,25);1H. The number of rotatable bonds is 4. The van der Waals surface area contributed by atoms with Crippen LogP contribution < -0.4 is 10.6 Å². The van der Waals surface area contributed by atoms with Crippen LogP contribution in [0.1, 0.15) is 71.1 Å². The van der Waals surface area contributed by atoms with Crippen LogP contribution in [0.2, 0.25) is 0 Å². The normalized spacial score (nSPS) is 37.7. The minimum Gasteiger partial charge on any atom is -0.377 e. The third-order valence-electron chi connectivity index (χ3n) is 8.30. The quantitative estimate of drug-likeness (QED) is 0.351. The summed E-state index contributed by atoms with van der Waals surface area (Å²) in [6.07, 6.45) is 14.1. The van der Waals surface area contributed by atoms with Crippen LogP contribution in [0.5, 0.6) is 0 Å². The predicted octanol–water partition coefficient (Wildman–Crippen LogP) is 3.52. The van der Waals surface area contributed by atoms with E-state index in [4.69, 9.17) is 9.73 Å². The molecular weight excluding hydrogens is 463 g/mol. The lowest BCUT2D eigenvalue weighted by Crippen LogP contribution is -2.69. The van der Waals surface area contributed by atoms with Gasteiger partial charge in [0, 0.05) is 55.7 Å². The molecule has 6 heteroatoms. The number of guanidine groups is 1. The molecule has 5 nitrogen and oxygen atoms in total. The molecule has 28 heavy (non-hydrogen) atoms. The molecule has 3 saturated carbocycles.